The lowest BCUT2D eigenvalue weighted by Gasteiger charge is -2.06. The van der Waals surface area contributed by atoms with Crippen molar-refractivity contribution in [3.8, 4) is 0 Å². The Morgan fingerprint density at radius 3 is 2.65 bits per heavy atom. The summed E-state index contributed by atoms with van der Waals surface area (Å²) in [4.78, 5) is 10.7. The van der Waals surface area contributed by atoms with Crippen molar-refractivity contribution in [2.45, 2.75) is 11.8 Å². The third-order valence-corrected chi connectivity index (χ3v) is 3.75. The first kappa shape index (κ1) is 14.0. The molecule has 94 valence electrons. The fourth-order valence-corrected chi connectivity index (χ4v) is 2.42. The van der Waals surface area contributed by atoms with Crippen LogP contribution in [0.3, 0.4) is 0 Å². The molecule has 1 rings (SSSR count). The van der Waals surface area contributed by atoms with Crippen LogP contribution in [0.15, 0.2) is 23.1 Å². The summed E-state index contributed by atoms with van der Waals surface area (Å²) in [5.74, 6) is -1.76. The number of carboxylic acids is 1. The Morgan fingerprint density at radius 1 is 1.47 bits per heavy atom. The number of aromatic carboxylic acids is 1. The summed E-state index contributed by atoms with van der Waals surface area (Å²) in [6, 6.07) is 3.52. The predicted octanol–water partition coefficient (Wildman–Crippen LogP) is 1.81. The van der Waals surface area contributed by atoms with Crippen LogP contribution in [0, 0.1) is 0 Å². The summed E-state index contributed by atoms with van der Waals surface area (Å²) in [6.07, 6.45) is 0. The smallest absolute Gasteiger partial charge is 0.337 e. The van der Waals surface area contributed by atoms with Gasteiger partial charge >= 0.3 is 5.97 Å². The van der Waals surface area contributed by atoms with E-state index < -0.39 is 21.7 Å². The molecule has 0 aliphatic heterocycles. The zero-order valence-electron chi connectivity index (χ0n) is 9.01. The van der Waals surface area contributed by atoms with Gasteiger partial charge in [0.2, 0.25) is 9.84 Å². The molecule has 0 aliphatic rings. The van der Waals surface area contributed by atoms with Crippen LogP contribution in [0.2, 0.25) is 5.02 Å². The molecule has 0 radical (unpaired) electrons. The number of halogens is 1. The maximum atomic E-state index is 11.7. The molecule has 0 spiro atoms. The van der Waals surface area contributed by atoms with Gasteiger partial charge in [0.15, 0.2) is 5.94 Å². The molecule has 0 amide bonds. The second-order valence-corrected chi connectivity index (χ2v) is 5.52. The van der Waals surface area contributed by atoms with Crippen molar-refractivity contribution in [3.63, 3.8) is 0 Å². The lowest BCUT2D eigenvalue weighted by molar-refractivity contribution is 0.0697. The van der Waals surface area contributed by atoms with E-state index in [1.807, 2.05) is 0 Å². The lowest BCUT2D eigenvalue weighted by atomic mass is 10.2. The molecule has 1 aromatic carbocycles. The molecule has 1 aromatic rings. The summed E-state index contributed by atoms with van der Waals surface area (Å²) < 4.78 is 28.2. The van der Waals surface area contributed by atoms with Crippen molar-refractivity contribution >= 4 is 27.4 Å². The van der Waals surface area contributed by atoms with Crippen molar-refractivity contribution in [2.75, 3.05) is 12.5 Å². The number of sulfone groups is 1. The lowest BCUT2D eigenvalue weighted by Crippen LogP contribution is -2.11. The van der Waals surface area contributed by atoms with Crippen LogP contribution in [0.1, 0.15) is 17.3 Å². The normalized spacial score (nSPS) is 11.4. The highest BCUT2D eigenvalue weighted by atomic mass is 35.5. The van der Waals surface area contributed by atoms with Gasteiger partial charge in [-0.15, -0.1) is 0 Å². The summed E-state index contributed by atoms with van der Waals surface area (Å²) in [6.45, 7) is 1.93. The Morgan fingerprint density at radius 2 is 2.12 bits per heavy atom. The van der Waals surface area contributed by atoms with Gasteiger partial charge in [0.05, 0.1) is 15.5 Å². The van der Waals surface area contributed by atoms with E-state index in [1.54, 1.807) is 6.92 Å². The molecule has 0 heterocycles. The van der Waals surface area contributed by atoms with Crippen LogP contribution in [0.5, 0.6) is 0 Å². The molecule has 0 saturated heterocycles. The number of rotatable bonds is 5. The molecule has 0 bridgehead atoms. The number of carboxylic acid groups (broad SMARTS) is 1. The summed E-state index contributed by atoms with van der Waals surface area (Å²) in [7, 11) is -3.64. The molecule has 17 heavy (non-hydrogen) atoms. The van der Waals surface area contributed by atoms with Gasteiger partial charge in [-0.05, 0) is 25.1 Å². The number of benzene rings is 1. The molecule has 0 unspecified atom stereocenters. The quantitative estimate of drug-likeness (QED) is 0.888. The van der Waals surface area contributed by atoms with E-state index in [2.05, 4.69) is 0 Å². The number of hydrogen-bond donors (Lipinski definition) is 1. The van der Waals surface area contributed by atoms with Crippen molar-refractivity contribution in [1.82, 2.24) is 0 Å². The molecule has 0 aromatic heterocycles. The zero-order chi connectivity index (χ0) is 13.1. The van der Waals surface area contributed by atoms with Gasteiger partial charge in [0, 0.05) is 6.61 Å². The molecule has 0 saturated carbocycles. The molecule has 5 nitrogen and oxygen atoms in total. The molecule has 1 N–H and O–H groups in total. The minimum atomic E-state index is -3.64. The SMILES string of the molecule is CCOCS(=O)(=O)c1ccc(Cl)c(C(=O)O)c1. The first-order valence-electron chi connectivity index (χ1n) is 4.72. The highest BCUT2D eigenvalue weighted by Crippen LogP contribution is 2.21. The minimum Gasteiger partial charge on any atom is -0.478 e. The van der Waals surface area contributed by atoms with E-state index in [9.17, 15) is 13.2 Å². The Bertz CT molecular complexity index is 523. The summed E-state index contributed by atoms with van der Waals surface area (Å²) in [5, 5.41) is 8.81. The van der Waals surface area contributed by atoms with Gasteiger partial charge in [-0.3, -0.25) is 0 Å². The first-order chi connectivity index (χ1) is 7.88. The summed E-state index contributed by atoms with van der Waals surface area (Å²) >= 11 is 5.64. The third kappa shape index (κ3) is 3.42. The average molecular weight is 279 g/mol. The monoisotopic (exact) mass is 278 g/mol. The maximum Gasteiger partial charge on any atom is 0.337 e. The van der Waals surface area contributed by atoms with E-state index >= 15 is 0 Å². The molecule has 0 aliphatic carbocycles. The van der Waals surface area contributed by atoms with Gasteiger partial charge in [-0.2, -0.15) is 0 Å². The third-order valence-electron chi connectivity index (χ3n) is 1.97. The topological polar surface area (TPSA) is 80.7 Å². The van der Waals surface area contributed by atoms with Crippen molar-refractivity contribution in [3.05, 3.63) is 28.8 Å². The van der Waals surface area contributed by atoms with Crippen LogP contribution >= 0.6 is 11.6 Å². The predicted molar refractivity (Wildman–Crippen MR) is 62.1 cm³/mol. The largest absolute Gasteiger partial charge is 0.478 e. The second-order valence-electron chi connectivity index (χ2n) is 3.17. The Balaban J connectivity index is 3.16. The Kier molecular flexibility index (Phi) is 4.50. The van der Waals surface area contributed by atoms with Gasteiger partial charge < -0.3 is 9.84 Å². The fraction of sp³-hybridized carbons (Fsp3) is 0.300. The maximum absolute atomic E-state index is 11.7. The van der Waals surface area contributed by atoms with E-state index in [4.69, 9.17) is 21.4 Å². The minimum absolute atomic E-state index is 0.00661. The van der Waals surface area contributed by atoms with E-state index in [0.29, 0.717) is 0 Å². The second kappa shape index (κ2) is 5.48. The van der Waals surface area contributed by atoms with E-state index in [1.165, 1.54) is 12.1 Å². The van der Waals surface area contributed by atoms with Crippen molar-refractivity contribution in [2.24, 2.45) is 0 Å². The highest BCUT2D eigenvalue weighted by molar-refractivity contribution is 7.91. The van der Waals surface area contributed by atoms with Gasteiger partial charge in [-0.25, -0.2) is 13.2 Å². The van der Waals surface area contributed by atoms with Crippen molar-refractivity contribution in [1.29, 1.82) is 0 Å². The number of hydrogen-bond acceptors (Lipinski definition) is 4. The highest BCUT2D eigenvalue weighted by Gasteiger charge is 2.18. The van der Waals surface area contributed by atoms with E-state index in [-0.39, 0.29) is 22.1 Å². The standard InChI is InChI=1S/C10H11ClO5S/c1-2-16-6-17(14,15)7-3-4-9(11)8(5-7)10(12)13/h3-5H,2,6H2,1H3,(H,12,13). The van der Waals surface area contributed by atoms with Crippen LogP contribution < -0.4 is 0 Å². The Hall–Kier alpha value is -1.11. The molecular formula is C10H11ClO5S. The molecule has 7 heteroatoms. The molecule has 0 fully saturated rings. The fourth-order valence-electron chi connectivity index (χ4n) is 1.12. The van der Waals surface area contributed by atoms with E-state index in [0.717, 1.165) is 6.07 Å². The molecule has 0 atom stereocenters. The summed E-state index contributed by atoms with van der Waals surface area (Å²) in [5.41, 5.74) is -0.246. The van der Waals surface area contributed by atoms with Crippen LogP contribution in [-0.2, 0) is 14.6 Å². The Labute approximate surface area is 104 Å². The van der Waals surface area contributed by atoms with Crippen LogP contribution in [0.25, 0.3) is 0 Å². The van der Waals surface area contributed by atoms with Crippen molar-refractivity contribution < 1.29 is 23.1 Å². The van der Waals surface area contributed by atoms with Gasteiger partial charge in [0.25, 0.3) is 0 Å². The number of ether oxygens (including phenoxy) is 1. The first-order valence-corrected chi connectivity index (χ1v) is 6.75. The van der Waals surface area contributed by atoms with Crippen LogP contribution in [0.4, 0.5) is 0 Å². The van der Waals surface area contributed by atoms with Crippen LogP contribution in [-0.4, -0.2) is 32.0 Å². The van der Waals surface area contributed by atoms with Gasteiger partial charge in [0.1, 0.15) is 0 Å². The molecular weight excluding hydrogens is 268 g/mol. The van der Waals surface area contributed by atoms with Gasteiger partial charge in [-0.1, -0.05) is 11.6 Å². The number of carbonyl (C=O) groups is 1. The average Bonchev–Trinajstić information content (AvgIpc) is 2.26. The zero-order valence-corrected chi connectivity index (χ0v) is 10.6.